The first-order valence-corrected chi connectivity index (χ1v) is 11.7. The maximum Gasteiger partial charge on any atom is 0.253 e. The number of carbonyl (C=O) groups excluding carboxylic acids is 4. The Bertz CT molecular complexity index is 845. The summed E-state index contributed by atoms with van der Waals surface area (Å²) in [6, 6.07) is 7.11. The van der Waals surface area contributed by atoms with Crippen LogP contribution in [0.1, 0.15) is 23.2 Å². The monoisotopic (exact) mass is 445 g/mol. The fourth-order valence-corrected chi connectivity index (χ4v) is 5.08. The van der Waals surface area contributed by atoms with Crippen molar-refractivity contribution in [1.29, 1.82) is 0 Å². The Kier molecular flexibility index (Phi) is 6.77. The van der Waals surface area contributed by atoms with E-state index in [1.165, 1.54) is 0 Å². The summed E-state index contributed by atoms with van der Waals surface area (Å²) in [6.45, 7) is 1.32. The topological polar surface area (TPSA) is 111 Å². The first kappa shape index (κ1) is 21.6. The van der Waals surface area contributed by atoms with Gasteiger partial charge in [0.1, 0.15) is 12.1 Å². The SMILES string of the molecule is O=C1NCCCC1NC(=O)C1CN(C(=O)c2ccccc2)CCN1C(=O)C1CSCN1. The number of hydrogen-bond donors (Lipinski definition) is 3. The maximum absolute atomic E-state index is 13.2. The number of piperazine rings is 1. The van der Waals surface area contributed by atoms with E-state index in [1.54, 1.807) is 45.8 Å². The van der Waals surface area contributed by atoms with Gasteiger partial charge in [0.25, 0.3) is 5.91 Å². The van der Waals surface area contributed by atoms with Crippen molar-refractivity contribution in [2.75, 3.05) is 37.8 Å². The summed E-state index contributed by atoms with van der Waals surface area (Å²) in [5, 5.41) is 8.72. The van der Waals surface area contributed by atoms with Crippen LogP contribution in [-0.2, 0) is 14.4 Å². The Morgan fingerprint density at radius 2 is 1.94 bits per heavy atom. The molecule has 31 heavy (non-hydrogen) atoms. The van der Waals surface area contributed by atoms with Crippen molar-refractivity contribution in [2.45, 2.75) is 31.0 Å². The van der Waals surface area contributed by atoms with Gasteiger partial charge in [0.2, 0.25) is 17.7 Å². The molecular weight excluding hydrogens is 418 g/mol. The van der Waals surface area contributed by atoms with E-state index in [0.717, 1.165) is 6.42 Å². The molecule has 0 spiro atoms. The minimum atomic E-state index is -0.837. The summed E-state index contributed by atoms with van der Waals surface area (Å²) in [5.41, 5.74) is 0.543. The van der Waals surface area contributed by atoms with Crippen molar-refractivity contribution in [2.24, 2.45) is 0 Å². The molecule has 3 heterocycles. The van der Waals surface area contributed by atoms with Crippen LogP contribution in [0.3, 0.4) is 0 Å². The lowest BCUT2D eigenvalue weighted by Gasteiger charge is -2.42. The third-order valence-corrected chi connectivity index (χ3v) is 6.83. The molecule has 3 N–H and O–H groups in total. The molecule has 0 bridgehead atoms. The molecule has 166 valence electrons. The first-order chi connectivity index (χ1) is 15.0. The lowest BCUT2D eigenvalue weighted by Crippen LogP contribution is -2.65. The minimum Gasteiger partial charge on any atom is -0.354 e. The number of benzene rings is 1. The predicted molar refractivity (Wildman–Crippen MR) is 116 cm³/mol. The number of thioether (sulfide) groups is 1. The second-order valence-corrected chi connectivity index (χ2v) is 8.96. The molecule has 3 atom stereocenters. The van der Waals surface area contributed by atoms with Crippen molar-refractivity contribution < 1.29 is 19.2 Å². The minimum absolute atomic E-state index is 0.0967. The third kappa shape index (κ3) is 4.85. The van der Waals surface area contributed by atoms with Crippen LogP contribution in [0.25, 0.3) is 0 Å². The summed E-state index contributed by atoms with van der Waals surface area (Å²) in [5.74, 6) is 0.440. The maximum atomic E-state index is 13.2. The second-order valence-electron chi connectivity index (χ2n) is 7.93. The standard InChI is InChI=1S/C21H27N5O4S/c27-18-15(7-4-8-22-18)24-19(28)17-11-25(20(29)14-5-2-1-3-6-14)9-10-26(17)21(30)16-12-31-13-23-16/h1-3,5-6,15-17,23H,4,7-13H2,(H,22,27)(H,24,28). The van der Waals surface area contributed by atoms with E-state index in [1.807, 2.05) is 6.07 Å². The van der Waals surface area contributed by atoms with E-state index in [-0.39, 0.29) is 36.9 Å². The fourth-order valence-electron chi connectivity index (χ4n) is 4.15. The second kappa shape index (κ2) is 9.69. The highest BCUT2D eigenvalue weighted by molar-refractivity contribution is 7.99. The van der Waals surface area contributed by atoms with Crippen LogP contribution >= 0.6 is 11.8 Å². The van der Waals surface area contributed by atoms with Gasteiger partial charge < -0.3 is 20.4 Å². The normalized spacial score (nSPS) is 26.3. The molecule has 0 aromatic heterocycles. The summed E-state index contributed by atoms with van der Waals surface area (Å²) >= 11 is 1.64. The zero-order valence-corrected chi connectivity index (χ0v) is 18.0. The molecule has 10 heteroatoms. The summed E-state index contributed by atoms with van der Waals surface area (Å²) in [7, 11) is 0. The Morgan fingerprint density at radius 3 is 2.65 bits per heavy atom. The van der Waals surface area contributed by atoms with E-state index in [0.29, 0.717) is 36.7 Å². The molecule has 3 unspecified atom stereocenters. The highest BCUT2D eigenvalue weighted by Gasteiger charge is 2.41. The average Bonchev–Trinajstić information content (AvgIpc) is 3.35. The van der Waals surface area contributed by atoms with Gasteiger partial charge in [0.15, 0.2) is 0 Å². The number of nitrogens with zero attached hydrogens (tertiary/aromatic N) is 2. The van der Waals surface area contributed by atoms with Crippen LogP contribution in [0, 0.1) is 0 Å². The smallest absolute Gasteiger partial charge is 0.253 e. The van der Waals surface area contributed by atoms with Gasteiger partial charge in [-0.15, -0.1) is 11.8 Å². The van der Waals surface area contributed by atoms with E-state index < -0.39 is 18.0 Å². The van der Waals surface area contributed by atoms with E-state index in [9.17, 15) is 19.2 Å². The quantitative estimate of drug-likeness (QED) is 0.571. The zero-order valence-electron chi connectivity index (χ0n) is 17.2. The fraction of sp³-hybridized carbons (Fsp3) is 0.524. The largest absolute Gasteiger partial charge is 0.354 e. The molecule has 4 amide bonds. The summed E-state index contributed by atoms with van der Waals surface area (Å²) in [4.78, 5) is 54.5. The van der Waals surface area contributed by atoms with Gasteiger partial charge in [-0.05, 0) is 25.0 Å². The Labute approximate surface area is 185 Å². The number of nitrogens with one attached hydrogen (secondary N) is 3. The molecule has 4 rings (SSSR count). The van der Waals surface area contributed by atoms with Crippen LogP contribution in [-0.4, -0.2) is 89.4 Å². The van der Waals surface area contributed by atoms with Crippen molar-refractivity contribution in [1.82, 2.24) is 25.8 Å². The molecule has 3 aliphatic rings. The van der Waals surface area contributed by atoms with Gasteiger partial charge in [0, 0.05) is 36.8 Å². The molecule has 0 radical (unpaired) electrons. The zero-order chi connectivity index (χ0) is 21.8. The highest BCUT2D eigenvalue weighted by Crippen LogP contribution is 2.19. The number of piperidine rings is 1. The van der Waals surface area contributed by atoms with E-state index in [4.69, 9.17) is 0 Å². The van der Waals surface area contributed by atoms with Crippen LogP contribution < -0.4 is 16.0 Å². The van der Waals surface area contributed by atoms with Crippen molar-refractivity contribution in [3.63, 3.8) is 0 Å². The Balaban J connectivity index is 1.51. The molecule has 0 saturated carbocycles. The first-order valence-electron chi connectivity index (χ1n) is 10.6. The third-order valence-electron chi connectivity index (χ3n) is 5.89. The molecule has 3 fully saturated rings. The molecule has 3 saturated heterocycles. The molecule has 9 nitrogen and oxygen atoms in total. The van der Waals surface area contributed by atoms with E-state index >= 15 is 0 Å². The molecule has 1 aromatic rings. The van der Waals surface area contributed by atoms with Gasteiger partial charge in [-0.2, -0.15) is 0 Å². The summed E-state index contributed by atoms with van der Waals surface area (Å²) in [6.07, 6.45) is 1.34. The van der Waals surface area contributed by atoms with Gasteiger partial charge in [-0.3, -0.25) is 24.5 Å². The van der Waals surface area contributed by atoms with E-state index in [2.05, 4.69) is 16.0 Å². The lowest BCUT2D eigenvalue weighted by atomic mass is 10.0. The van der Waals surface area contributed by atoms with Gasteiger partial charge in [-0.1, -0.05) is 18.2 Å². The Morgan fingerprint density at radius 1 is 1.13 bits per heavy atom. The molecule has 0 aliphatic carbocycles. The number of carbonyl (C=O) groups is 4. The lowest BCUT2D eigenvalue weighted by molar-refractivity contribution is -0.145. The molecular formula is C21H27N5O4S. The number of rotatable bonds is 4. The number of hydrogen-bond acceptors (Lipinski definition) is 6. The summed E-state index contributed by atoms with van der Waals surface area (Å²) < 4.78 is 0. The molecule has 3 aliphatic heterocycles. The van der Waals surface area contributed by atoms with Crippen LogP contribution in [0.5, 0.6) is 0 Å². The van der Waals surface area contributed by atoms with Crippen molar-refractivity contribution in [3.05, 3.63) is 35.9 Å². The highest BCUT2D eigenvalue weighted by atomic mass is 32.2. The predicted octanol–water partition coefficient (Wildman–Crippen LogP) is -0.603. The van der Waals surface area contributed by atoms with Crippen molar-refractivity contribution >= 4 is 35.4 Å². The van der Waals surface area contributed by atoms with Gasteiger partial charge in [-0.25, -0.2) is 0 Å². The van der Waals surface area contributed by atoms with Gasteiger partial charge in [0.05, 0.1) is 12.6 Å². The average molecular weight is 446 g/mol. The molecule has 1 aromatic carbocycles. The van der Waals surface area contributed by atoms with Crippen LogP contribution in [0.4, 0.5) is 0 Å². The van der Waals surface area contributed by atoms with Crippen LogP contribution in [0.2, 0.25) is 0 Å². The Hall–Kier alpha value is -2.59. The van der Waals surface area contributed by atoms with Crippen molar-refractivity contribution in [3.8, 4) is 0 Å². The van der Waals surface area contributed by atoms with Gasteiger partial charge >= 0.3 is 0 Å². The number of amides is 4. The van der Waals surface area contributed by atoms with Crippen LogP contribution in [0.15, 0.2) is 30.3 Å².